The van der Waals surface area contributed by atoms with E-state index in [-0.39, 0.29) is 18.2 Å². The van der Waals surface area contributed by atoms with Crippen LogP contribution in [-0.4, -0.2) is 31.1 Å². The molecule has 0 bridgehead atoms. The van der Waals surface area contributed by atoms with Crippen molar-refractivity contribution in [3.63, 3.8) is 0 Å². The molecule has 1 saturated heterocycles. The summed E-state index contributed by atoms with van der Waals surface area (Å²) in [5.41, 5.74) is 1.91. The van der Waals surface area contributed by atoms with E-state index in [1.807, 2.05) is 0 Å². The van der Waals surface area contributed by atoms with Crippen LogP contribution in [0.2, 0.25) is 18.6 Å². The molecule has 0 radical (unpaired) electrons. The Morgan fingerprint density at radius 3 is 1.92 bits per heavy atom. The fourth-order valence-corrected chi connectivity index (χ4v) is 12.9. The van der Waals surface area contributed by atoms with Crippen LogP contribution in [0.1, 0.15) is 24.5 Å². The number of hydrogen-bond donors (Lipinski definition) is 1. The highest BCUT2D eigenvalue weighted by molar-refractivity contribution is 6.76. The quantitative estimate of drug-likeness (QED) is 0.418. The van der Waals surface area contributed by atoms with Gasteiger partial charge in [-0.2, -0.15) is 13.2 Å². The first-order valence-corrected chi connectivity index (χ1v) is 16.5. The summed E-state index contributed by atoms with van der Waals surface area (Å²) < 4.78 is 42.4. The fourth-order valence-electron chi connectivity index (χ4n) is 7.98. The normalized spacial score (nSPS) is 36.4. The first-order valence-electron chi connectivity index (χ1n) is 13.5. The highest BCUT2D eigenvalue weighted by Crippen LogP contribution is 2.59. The molecule has 1 saturated carbocycles. The lowest BCUT2D eigenvalue weighted by Crippen LogP contribution is -2.60. The monoisotopic (exact) mass is 520 g/mol. The minimum Gasteiger partial charge on any atom is -0.301 e. The van der Waals surface area contributed by atoms with Crippen molar-refractivity contribution in [2.24, 2.45) is 23.7 Å². The highest BCUT2D eigenvalue weighted by atomic mass is 28.3. The summed E-state index contributed by atoms with van der Waals surface area (Å²) in [7, 11) is -2.04. The number of nitrogens with one attached hydrogen (secondary N) is 1. The van der Waals surface area contributed by atoms with Crippen LogP contribution in [0.3, 0.4) is 0 Å². The maximum absolute atomic E-state index is 13.2. The number of benzene rings is 1. The number of halogens is 3. The summed E-state index contributed by atoms with van der Waals surface area (Å²) in [4.78, 5) is 0. The molecule has 1 aromatic rings. The lowest BCUT2D eigenvalue weighted by atomic mass is 9.83. The second kappa shape index (κ2) is 9.11. The number of allylic oxidation sites excluding steroid dienone is 10. The van der Waals surface area contributed by atoms with E-state index in [9.17, 15) is 13.2 Å². The zero-order valence-corrected chi connectivity index (χ0v) is 22.6. The largest absolute Gasteiger partial charge is 0.416 e. The number of rotatable bonds is 4. The van der Waals surface area contributed by atoms with E-state index >= 15 is 0 Å². The molecule has 37 heavy (non-hydrogen) atoms. The Balaban J connectivity index is 1.34. The molecule has 1 aromatic carbocycles. The second-order valence-corrected chi connectivity index (χ2v) is 16.1. The molecule has 0 amide bonds. The number of alkyl halides is 3. The van der Waals surface area contributed by atoms with Crippen LogP contribution in [0.4, 0.5) is 13.2 Å². The molecule has 6 rings (SSSR count). The van der Waals surface area contributed by atoms with Gasteiger partial charge in [-0.05, 0) is 58.9 Å². The predicted octanol–water partition coefficient (Wildman–Crippen LogP) is 7.34. The van der Waals surface area contributed by atoms with E-state index in [0.717, 1.165) is 17.6 Å². The molecule has 2 nitrogen and oxygen atoms in total. The first-order chi connectivity index (χ1) is 17.7. The Bertz CT molecular complexity index is 1190. The summed E-state index contributed by atoms with van der Waals surface area (Å²) in [6, 6.07) is 5.92. The minimum atomic E-state index is -4.32. The van der Waals surface area contributed by atoms with Gasteiger partial charge < -0.3 is 4.57 Å². The fraction of sp³-hybridized carbons (Fsp3) is 0.419. The van der Waals surface area contributed by atoms with Gasteiger partial charge >= 0.3 is 6.18 Å². The average Bonchev–Trinajstić information content (AvgIpc) is 3.45. The van der Waals surface area contributed by atoms with Crippen molar-refractivity contribution in [1.29, 1.82) is 0 Å². The lowest BCUT2D eigenvalue weighted by molar-refractivity contribution is -0.137. The van der Waals surface area contributed by atoms with Crippen molar-refractivity contribution in [3.8, 4) is 0 Å². The number of nitrogens with zero attached hydrogens (tertiary/aromatic N) is 1. The van der Waals surface area contributed by atoms with Crippen LogP contribution in [0, 0.1) is 23.7 Å². The zero-order valence-electron chi connectivity index (χ0n) is 21.6. The standard InChI is InChI=1S/C31H35F3N2Si/c1-4-28-35-29-22(20-16-18-21(19-17-20)31(32,33)34)14-9-15-27(29)36(28)37(2,3)30-25-12-7-5-10-23(25)24-11-6-8-13-26(24)30/h5-19,23-30,35H,4H2,1-3H3/t23?,24?,25?,26?,27-,28+,29?,30?/m1/s1. The summed E-state index contributed by atoms with van der Waals surface area (Å²) in [5, 5.41) is 3.91. The van der Waals surface area contributed by atoms with Crippen LogP contribution in [0.15, 0.2) is 91.1 Å². The van der Waals surface area contributed by atoms with Gasteiger partial charge in [-0.25, -0.2) is 0 Å². The van der Waals surface area contributed by atoms with E-state index in [1.54, 1.807) is 12.1 Å². The predicted molar refractivity (Wildman–Crippen MR) is 147 cm³/mol. The van der Waals surface area contributed by atoms with Crippen molar-refractivity contribution < 1.29 is 13.2 Å². The molecule has 2 fully saturated rings. The lowest BCUT2D eigenvalue weighted by Gasteiger charge is -2.48. The van der Waals surface area contributed by atoms with E-state index in [0.29, 0.717) is 29.2 Å². The van der Waals surface area contributed by atoms with E-state index < -0.39 is 20.0 Å². The van der Waals surface area contributed by atoms with Gasteiger partial charge in [0.1, 0.15) is 8.24 Å². The van der Waals surface area contributed by atoms with Gasteiger partial charge in [-0.15, -0.1) is 0 Å². The van der Waals surface area contributed by atoms with Crippen LogP contribution in [-0.2, 0) is 6.18 Å². The summed E-state index contributed by atoms with van der Waals surface area (Å²) in [6.45, 7) is 7.34. The Labute approximate surface area is 219 Å². The number of fused-ring (bicyclic) bond motifs is 4. The maximum atomic E-state index is 13.2. The van der Waals surface area contributed by atoms with Crippen LogP contribution in [0.5, 0.6) is 0 Å². The van der Waals surface area contributed by atoms with Crippen LogP contribution >= 0.6 is 0 Å². The van der Waals surface area contributed by atoms with E-state index in [4.69, 9.17) is 0 Å². The molecule has 1 aliphatic heterocycles. The van der Waals surface area contributed by atoms with Gasteiger partial charge in [0.15, 0.2) is 0 Å². The molecule has 6 heteroatoms. The van der Waals surface area contributed by atoms with Crippen molar-refractivity contribution in [2.75, 3.05) is 0 Å². The Hall–Kier alpha value is -2.41. The molecule has 5 aliphatic rings. The van der Waals surface area contributed by atoms with Crippen LogP contribution in [0.25, 0.3) is 5.57 Å². The third-order valence-corrected chi connectivity index (χ3v) is 13.8. The van der Waals surface area contributed by atoms with Crippen molar-refractivity contribution >= 4 is 13.8 Å². The molecule has 5 unspecified atom stereocenters. The smallest absolute Gasteiger partial charge is 0.301 e. The summed E-state index contributed by atoms with van der Waals surface area (Å²) >= 11 is 0. The van der Waals surface area contributed by atoms with Gasteiger partial charge in [0.05, 0.1) is 17.8 Å². The molecule has 7 atom stereocenters. The van der Waals surface area contributed by atoms with Gasteiger partial charge in [-0.1, -0.05) is 99.0 Å². The van der Waals surface area contributed by atoms with Gasteiger partial charge in [0, 0.05) is 6.04 Å². The minimum absolute atomic E-state index is 0.0649. The topological polar surface area (TPSA) is 15.3 Å². The maximum Gasteiger partial charge on any atom is 0.416 e. The van der Waals surface area contributed by atoms with Crippen molar-refractivity contribution in [2.45, 2.75) is 56.4 Å². The van der Waals surface area contributed by atoms with Crippen molar-refractivity contribution in [1.82, 2.24) is 9.88 Å². The summed E-state index contributed by atoms with van der Waals surface area (Å²) in [6.07, 6.45) is 22.0. The Kier molecular flexibility index (Phi) is 6.13. The second-order valence-electron chi connectivity index (χ2n) is 11.6. The Morgan fingerprint density at radius 1 is 0.811 bits per heavy atom. The molecular weight excluding hydrogens is 485 g/mol. The van der Waals surface area contributed by atoms with Crippen molar-refractivity contribution in [3.05, 3.63) is 102 Å². The molecule has 1 heterocycles. The molecule has 194 valence electrons. The molecule has 4 aliphatic carbocycles. The average molecular weight is 521 g/mol. The van der Waals surface area contributed by atoms with Gasteiger partial charge in [-0.3, -0.25) is 5.32 Å². The van der Waals surface area contributed by atoms with E-state index in [1.165, 1.54) is 12.1 Å². The third-order valence-electron chi connectivity index (χ3n) is 9.42. The molecule has 1 N–H and O–H groups in total. The van der Waals surface area contributed by atoms with E-state index in [2.05, 4.69) is 96.7 Å². The Morgan fingerprint density at radius 2 is 1.38 bits per heavy atom. The van der Waals surface area contributed by atoms with Gasteiger partial charge in [0.2, 0.25) is 0 Å². The van der Waals surface area contributed by atoms with Gasteiger partial charge in [0.25, 0.3) is 0 Å². The highest BCUT2D eigenvalue weighted by Gasteiger charge is 2.59. The zero-order chi connectivity index (χ0) is 25.9. The van der Waals surface area contributed by atoms with Crippen LogP contribution < -0.4 is 5.32 Å². The molecule has 0 spiro atoms. The first kappa shape index (κ1) is 24.9. The molecular formula is C31H35F3N2Si. The summed E-state index contributed by atoms with van der Waals surface area (Å²) in [5.74, 6) is 2.15. The molecule has 0 aromatic heterocycles. The third kappa shape index (κ3) is 3.99. The number of hydrogen-bond acceptors (Lipinski definition) is 2. The SMILES string of the molecule is CC[C@H]1NC2C(c3ccc(C(F)(F)F)cc3)=CC=C[C@H]2N1[Si](C)(C)C1C2C=CC=CC2C2C=CC=CC21.